The van der Waals surface area contributed by atoms with E-state index in [9.17, 15) is 9.59 Å². The molecule has 0 unspecified atom stereocenters. The fourth-order valence-corrected chi connectivity index (χ4v) is 4.65. The van der Waals surface area contributed by atoms with Gasteiger partial charge in [-0.25, -0.2) is 4.99 Å². The van der Waals surface area contributed by atoms with Crippen molar-refractivity contribution in [1.82, 2.24) is 14.9 Å². The van der Waals surface area contributed by atoms with Gasteiger partial charge in [0.05, 0.1) is 37.1 Å². The van der Waals surface area contributed by atoms with Crippen LogP contribution < -0.4 is 14.8 Å². The lowest BCUT2D eigenvalue weighted by atomic mass is 9.95. The van der Waals surface area contributed by atoms with Gasteiger partial charge in [0.15, 0.2) is 0 Å². The summed E-state index contributed by atoms with van der Waals surface area (Å²) >= 11 is 4.66. The Kier molecular flexibility index (Phi) is 5.94. The number of carbonyl (C=O) groups is 2. The number of isothiocyanates is 1. The van der Waals surface area contributed by atoms with Crippen LogP contribution in [0, 0.1) is 0 Å². The van der Waals surface area contributed by atoms with E-state index in [0.29, 0.717) is 46.9 Å². The van der Waals surface area contributed by atoms with Gasteiger partial charge < -0.3 is 19.0 Å². The van der Waals surface area contributed by atoms with Gasteiger partial charge in [-0.05, 0) is 55.0 Å². The van der Waals surface area contributed by atoms with Crippen LogP contribution in [0.3, 0.4) is 0 Å². The predicted octanol–water partition coefficient (Wildman–Crippen LogP) is 4.20. The number of imide groups is 1. The number of methoxy groups -OCH3 is 2. The van der Waals surface area contributed by atoms with Crippen LogP contribution in [0.25, 0.3) is 33.0 Å². The second-order valence-electron chi connectivity index (χ2n) is 8.09. The van der Waals surface area contributed by atoms with Crippen LogP contribution in [0.15, 0.2) is 53.8 Å². The molecule has 8 nitrogen and oxygen atoms in total. The Balaban J connectivity index is 1.74. The first-order valence-corrected chi connectivity index (χ1v) is 11.4. The molecule has 0 saturated heterocycles. The second kappa shape index (κ2) is 9.21. The molecule has 5 rings (SSSR count). The summed E-state index contributed by atoms with van der Waals surface area (Å²) in [5.74, 6) is 0.443. The predicted molar refractivity (Wildman–Crippen MR) is 138 cm³/mol. The molecule has 2 amide bonds. The number of hydrogen-bond acceptors (Lipinski definition) is 6. The second-order valence-corrected chi connectivity index (χ2v) is 8.28. The molecule has 0 radical (unpaired) electrons. The van der Waals surface area contributed by atoms with Gasteiger partial charge in [0.1, 0.15) is 11.5 Å². The number of carbonyl (C=O) groups excluding carboxylic acids is 2. The summed E-state index contributed by atoms with van der Waals surface area (Å²) in [6.07, 6.45) is 4.41. The summed E-state index contributed by atoms with van der Waals surface area (Å²) in [7, 11) is 3.18. The molecule has 1 aliphatic rings. The molecule has 0 bridgehead atoms. The van der Waals surface area contributed by atoms with Crippen molar-refractivity contribution in [2.75, 3.05) is 20.8 Å². The Morgan fingerprint density at radius 2 is 1.66 bits per heavy atom. The van der Waals surface area contributed by atoms with Gasteiger partial charge in [-0.3, -0.25) is 14.9 Å². The molecule has 35 heavy (non-hydrogen) atoms. The number of hydrogen-bond donors (Lipinski definition) is 2. The van der Waals surface area contributed by atoms with Crippen LogP contribution in [-0.2, 0) is 16.1 Å². The van der Waals surface area contributed by atoms with Crippen LogP contribution >= 0.6 is 12.2 Å². The van der Waals surface area contributed by atoms with E-state index < -0.39 is 11.8 Å². The van der Waals surface area contributed by atoms with E-state index in [-0.39, 0.29) is 0 Å². The number of rotatable bonds is 8. The molecule has 4 aromatic rings. The highest BCUT2D eigenvalue weighted by atomic mass is 32.1. The average molecular weight is 487 g/mol. The molecule has 3 heterocycles. The highest BCUT2D eigenvalue weighted by Crippen LogP contribution is 2.39. The van der Waals surface area contributed by atoms with Gasteiger partial charge in [0.25, 0.3) is 11.8 Å². The first-order valence-electron chi connectivity index (χ1n) is 11.0. The zero-order valence-corrected chi connectivity index (χ0v) is 20.0. The van der Waals surface area contributed by atoms with E-state index in [1.54, 1.807) is 20.4 Å². The number of nitrogens with zero attached hydrogens (tertiary/aromatic N) is 2. The monoisotopic (exact) mass is 486 g/mol. The number of amides is 2. The highest BCUT2D eigenvalue weighted by Gasteiger charge is 2.35. The third-order valence-corrected chi connectivity index (χ3v) is 6.31. The lowest BCUT2D eigenvalue weighted by molar-refractivity contribution is -0.122. The molecule has 1 aliphatic heterocycles. The van der Waals surface area contributed by atoms with E-state index in [1.165, 1.54) is 0 Å². The smallest absolute Gasteiger partial charge is 0.259 e. The van der Waals surface area contributed by atoms with E-state index in [1.807, 2.05) is 42.6 Å². The Morgan fingerprint density at radius 1 is 0.971 bits per heavy atom. The Bertz CT molecular complexity index is 1570. The third kappa shape index (κ3) is 3.90. The molecule has 0 fully saturated rings. The van der Waals surface area contributed by atoms with Crippen molar-refractivity contribution in [2.45, 2.75) is 13.0 Å². The summed E-state index contributed by atoms with van der Waals surface area (Å²) in [6, 6.07) is 11.3. The number of benzene rings is 2. The number of ether oxygens (including phenoxy) is 2. The van der Waals surface area contributed by atoms with Crippen LogP contribution in [0.4, 0.5) is 0 Å². The van der Waals surface area contributed by atoms with Crippen molar-refractivity contribution in [3.05, 3.63) is 59.9 Å². The van der Waals surface area contributed by atoms with E-state index in [0.717, 1.165) is 28.2 Å². The van der Waals surface area contributed by atoms with Crippen molar-refractivity contribution in [1.29, 1.82) is 0 Å². The maximum atomic E-state index is 13.2. The quantitative estimate of drug-likeness (QED) is 0.168. The summed E-state index contributed by atoms with van der Waals surface area (Å²) in [5, 5.41) is 6.48. The Hall–Kier alpha value is -4.20. The van der Waals surface area contributed by atoms with Crippen LogP contribution in [0.2, 0.25) is 0 Å². The van der Waals surface area contributed by atoms with Crippen molar-refractivity contribution < 1.29 is 19.1 Å². The number of nitrogens with one attached hydrogen (secondary N) is 2. The fourth-order valence-electron chi connectivity index (χ4n) is 4.56. The van der Waals surface area contributed by atoms with Gasteiger partial charge in [-0.1, -0.05) is 0 Å². The lowest BCUT2D eigenvalue weighted by Gasteiger charge is -2.05. The van der Waals surface area contributed by atoms with E-state index >= 15 is 0 Å². The fraction of sp³-hybridized carbons (Fsp3) is 0.192. The number of aryl methyl sites for hydroxylation is 1. The standard InChI is InChI=1S/C26H22N4O4S/c1-33-15-4-6-21-17(10-15)19(12-28-21)23-24(26(32)29-25(23)31)20-13-30(9-3-8-27-14-35)22-7-5-16(34-2)11-18(20)22/h4-7,10-13,28H,3,8-9H2,1-2H3,(H,29,31,32). The van der Waals surface area contributed by atoms with E-state index in [2.05, 4.69) is 37.2 Å². The molecular formula is C26H22N4O4S. The van der Waals surface area contributed by atoms with Crippen LogP contribution in [0.5, 0.6) is 11.5 Å². The average Bonchev–Trinajstić information content (AvgIpc) is 3.53. The number of aromatic amines is 1. The lowest BCUT2D eigenvalue weighted by Crippen LogP contribution is -2.22. The number of H-pyrrole nitrogens is 1. The molecule has 2 N–H and O–H groups in total. The van der Waals surface area contributed by atoms with Gasteiger partial charge in [0, 0.05) is 51.9 Å². The molecule has 0 saturated carbocycles. The van der Waals surface area contributed by atoms with Crippen molar-refractivity contribution in [2.24, 2.45) is 4.99 Å². The van der Waals surface area contributed by atoms with Crippen molar-refractivity contribution in [3.63, 3.8) is 0 Å². The third-order valence-electron chi connectivity index (χ3n) is 6.18. The maximum Gasteiger partial charge on any atom is 0.259 e. The summed E-state index contributed by atoms with van der Waals surface area (Å²) in [4.78, 5) is 33.4. The summed E-state index contributed by atoms with van der Waals surface area (Å²) < 4.78 is 12.9. The summed E-state index contributed by atoms with van der Waals surface area (Å²) in [5.41, 5.74) is 3.70. The normalized spacial score (nSPS) is 13.4. The minimum absolute atomic E-state index is 0.321. The molecule has 0 spiro atoms. The number of aliphatic imine (C=N–C) groups is 1. The number of aromatic nitrogens is 2. The molecule has 9 heteroatoms. The van der Waals surface area contributed by atoms with Crippen LogP contribution in [-0.4, -0.2) is 47.3 Å². The van der Waals surface area contributed by atoms with E-state index in [4.69, 9.17) is 9.47 Å². The van der Waals surface area contributed by atoms with Gasteiger partial charge in [0.2, 0.25) is 0 Å². The molecular weight excluding hydrogens is 464 g/mol. The van der Waals surface area contributed by atoms with Gasteiger partial charge in [-0.2, -0.15) is 0 Å². The highest BCUT2D eigenvalue weighted by molar-refractivity contribution is 7.78. The molecule has 2 aromatic heterocycles. The van der Waals surface area contributed by atoms with Crippen molar-refractivity contribution >= 4 is 62.1 Å². The minimum Gasteiger partial charge on any atom is -0.497 e. The zero-order chi connectivity index (χ0) is 24.5. The Labute approximate surface area is 206 Å². The van der Waals surface area contributed by atoms with Crippen LogP contribution in [0.1, 0.15) is 17.5 Å². The molecule has 0 aliphatic carbocycles. The molecule has 176 valence electrons. The first-order chi connectivity index (χ1) is 17.0. The Morgan fingerprint density at radius 3 is 2.37 bits per heavy atom. The minimum atomic E-state index is -0.437. The SMILES string of the molecule is COc1ccc2[nH]cc(C3=C(c4cn(CCCN=C=S)c5ccc(OC)cc45)C(=O)NC3=O)c2c1. The first kappa shape index (κ1) is 22.6. The van der Waals surface area contributed by atoms with Crippen molar-refractivity contribution in [3.8, 4) is 11.5 Å². The van der Waals surface area contributed by atoms with Gasteiger partial charge in [-0.15, -0.1) is 0 Å². The largest absolute Gasteiger partial charge is 0.497 e. The topological polar surface area (TPSA) is 97.7 Å². The van der Waals surface area contributed by atoms with Gasteiger partial charge >= 0.3 is 0 Å². The zero-order valence-electron chi connectivity index (χ0n) is 19.2. The summed E-state index contributed by atoms with van der Waals surface area (Å²) in [6.45, 7) is 1.21. The molecule has 0 atom stereocenters. The number of fused-ring (bicyclic) bond motifs is 2. The maximum absolute atomic E-state index is 13.2. The molecule has 2 aromatic carbocycles. The number of thiocarbonyl (C=S) groups is 1.